The molecule has 0 radical (unpaired) electrons. The van der Waals surface area contributed by atoms with Crippen molar-refractivity contribution in [1.29, 1.82) is 0 Å². The first-order chi connectivity index (χ1) is 12.4. The highest BCUT2D eigenvalue weighted by molar-refractivity contribution is 6.42. The predicted octanol–water partition coefficient (Wildman–Crippen LogP) is 5.66. The molecule has 1 saturated heterocycles. The number of hydrogen-bond donors (Lipinski definition) is 0. The largest absolute Gasteiger partial charge is 0.447 e. The number of carbonyl (C=O) groups excluding carboxylic acids is 2. The molecule has 0 N–H and O–H groups in total. The van der Waals surface area contributed by atoms with Crippen LogP contribution in [0, 0.1) is 11.8 Å². The minimum atomic E-state index is -0.537. The van der Waals surface area contributed by atoms with E-state index in [1.54, 1.807) is 12.1 Å². The quantitative estimate of drug-likeness (QED) is 0.643. The normalized spacial score (nSPS) is 22.1. The van der Waals surface area contributed by atoms with Crippen molar-refractivity contribution in [2.24, 2.45) is 11.8 Å². The van der Waals surface area contributed by atoms with Crippen LogP contribution in [-0.2, 0) is 9.53 Å². The summed E-state index contributed by atoms with van der Waals surface area (Å²) in [4.78, 5) is 27.0. The van der Waals surface area contributed by atoms with Gasteiger partial charge in [-0.2, -0.15) is 0 Å². The third-order valence-electron chi connectivity index (χ3n) is 5.60. The zero-order chi connectivity index (χ0) is 18.8. The molecule has 1 aliphatic carbocycles. The third-order valence-corrected chi connectivity index (χ3v) is 6.34. The van der Waals surface area contributed by atoms with E-state index in [0.717, 1.165) is 24.8 Å². The summed E-state index contributed by atoms with van der Waals surface area (Å²) < 4.78 is 5.18. The van der Waals surface area contributed by atoms with Gasteiger partial charge in [0.25, 0.3) is 0 Å². The summed E-state index contributed by atoms with van der Waals surface area (Å²) in [5, 5.41) is 0.890. The van der Waals surface area contributed by atoms with E-state index in [2.05, 4.69) is 0 Å². The molecule has 4 nitrogen and oxygen atoms in total. The van der Waals surface area contributed by atoms with E-state index in [-0.39, 0.29) is 24.5 Å². The van der Waals surface area contributed by atoms with Crippen molar-refractivity contribution in [3.05, 3.63) is 33.8 Å². The molecule has 26 heavy (non-hydrogen) atoms. The van der Waals surface area contributed by atoms with Crippen LogP contribution in [0.3, 0.4) is 0 Å². The average molecular weight is 398 g/mol. The highest BCUT2D eigenvalue weighted by atomic mass is 35.5. The van der Waals surface area contributed by atoms with Gasteiger partial charge in [0.05, 0.1) is 22.0 Å². The molecule has 0 unspecified atom stereocenters. The predicted molar refractivity (Wildman–Crippen MR) is 103 cm³/mol. The number of nitrogens with zero attached hydrogens (tertiary/aromatic N) is 1. The second-order valence-electron chi connectivity index (χ2n) is 7.71. The first kappa shape index (κ1) is 19.5. The Morgan fingerprint density at radius 2 is 1.92 bits per heavy atom. The van der Waals surface area contributed by atoms with Crippen LogP contribution in [-0.4, -0.2) is 29.5 Å². The van der Waals surface area contributed by atoms with E-state index in [0.29, 0.717) is 16.0 Å². The van der Waals surface area contributed by atoms with Gasteiger partial charge in [0, 0.05) is 0 Å². The van der Waals surface area contributed by atoms with E-state index >= 15 is 0 Å². The van der Waals surface area contributed by atoms with E-state index in [9.17, 15) is 9.59 Å². The van der Waals surface area contributed by atoms with Crippen molar-refractivity contribution in [3.8, 4) is 0 Å². The molecular formula is C20H25Cl2NO3. The van der Waals surface area contributed by atoms with Crippen molar-refractivity contribution in [3.63, 3.8) is 0 Å². The molecule has 1 aromatic carbocycles. The fraction of sp³-hybridized carbons (Fsp3) is 0.600. The van der Waals surface area contributed by atoms with E-state index in [4.69, 9.17) is 27.9 Å². The van der Waals surface area contributed by atoms with Gasteiger partial charge >= 0.3 is 6.09 Å². The third kappa shape index (κ3) is 4.01. The van der Waals surface area contributed by atoms with Crippen LogP contribution in [0.4, 0.5) is 4.79 Å². The molecule has 1 heterocycles. The summed E-state index contributed by atoms with van der Waals surface area (Å²) in [6, 6.07) is 5.10. The Balaban J connectivity index is 1.91. The number of carbonyl (C=O) groups is 2. The summed E-state index contributed by atoms with van der Waals surface area (Å²) in [6.07, 6.45) is 4.85. The molecular weight excluding hydrogens is 373 g/mol. The summed E-state index contributed by atoms with van der Waals surface area (Å²) in [7, 11) is 0. The SMILES string of the molecule is CC(C)[C@H]1COC(=O)N1C(=O)[C@@H](CC1CCCC1)c1ccc(Cl)c(Cl)c1. The standard InChI is InChI=1S/C20H25Cl2NO3/c1-12(2)18-11-26-20(25)23(18)19(24)15(9-13-5-3-4-6-13)14-7-8-16(21)17(22)10-14/h7-8,10,12-13,15,18H,3-6,9,11H2,1-2H3/t15-,18+/m0/s1. The maximum absolute atomic E-state index is 13.4. The van der Waals surface area contributed by atoms with Crippen molar-refractivity contribution in [1.82, 2.24) is 4.90 Å². The van der Waals surface area contributed by atoms with Crippen molar-refractivity contribution in [2.45, 2.75) is 57.9 Å². The number of benzene rings is 1. The Labute approximate surface area is 164 Å². The molecule has 2 fully saturated rings. The highest BCUT2D eigenvalue weighted by Gasteiger charge is 2.43. The van der Waals surface area contributed by atoms with Gasteiger partial charge in [-0.15, -0.1) is 0 Å². The first-order valence-electron chi connectivity index (χ1n) is 9.33. The molecule has 1 saturated carbocycles. The number of halogens is 2. The molecule has 0 aromatic heterocycles. The number of hydrogen-bond acceptors (Lipinski definition) is 3. The minimum absolute atomic E-state index is 0.145. The molecule has 3 rings (SSSR count). The van der Waals surface area contributed by atoms with Crippen LogP contribution in [0.5, 0.6) is 0 Å². The molecule has 1 aliphatic heterocycles. The molecule has 0 bridgehead atoms. The first-order valence-corrected chi connectivity index (χ1v) is 10.1. The van der Waals surface area contributed by atoms with Crippen LogP contribution in [0.2, 0.25) is 10.0 Å². The Morgan fingerprint density at radius 1 is 1.23 bits per heavy atom. The fourth-order valence-electron chi connectivity index (χ4n) is 4.04. The summed E-state index contributed by atoms with van der Waals surface area (Å²) in [6.45, 7) is 4.26. The second-order valence-corrected chi connectivity index (χ2v) is 8.52. The Bertz CT molecular complexity index is 686. The number of cyclic esters (lactones) is 1. The minimum Gasteiger partial charge on any atom is -0.447 e. The molecule has 2 aliphatic rings. The van der Waals surface area contributed by atoms with Gasteiger partial charge in [-0.1, -0.05) is 68.8 Å². The van der Waals surface area contributed by atoms with Crippen molar-refractivity contribution < 1.29 is 14.3 Å². The second kappa shape index (κ2) is 8.18. The smallest absolute Gasteiger partial charge is 0.417 e. The van der Waals surface area contributed by atoms with Crippen molar-refractivity contribution in [2.75, 3.05) is 6.61 Å². The maximum Gasteiger partial charge on any atom is 0.417 e. The van der Waals surface area contributed by atoms with E-state index in [1.165, 1.54) is 17.7 Å². The van der Waals surface area contributed by atoms with E-state index < -0.39 is 12.0 Å². The van der Waals surface area contributed by atoms with Crippen LogP contribution < -0.4 is 0 Å². The number of amides is 2. The van der Waals surface area contributed by atoms with Gasteiger partial charge in [0.15, 0.2) is 0 Å². The zero-order valence-electron chi connectivity index (χ0n) is 15.2. The molecule has 2 amide bonds. The zero-order valence-corrected chi connectivity index (χ0v) is 16.7. The van der Waals surface area contributed by atoms with Crippen LogP contribution in [0.15, 0.2) is 18.2 Å². The maximum atomic E-state index is 13.4. The monoisotopic (exact) mass is 397 g/mol. The highest BCUT2D eigenvalue weighted by Crippen LogP contribution is 2.38. The summed E-state index contributed by atoms with van der Waals surface area (Å²) in [5.74, 6) is 0.0529. The van der Waals surface area contributed by atoms with Gasteiger partial charge in [0.2, 0.25) is 5.91 Å². The summed E-state index contributed by atoms with van der Waals surface area (Å²) >= 11 is 12.2. The molecule has 2 atom stereocenters. The Kier molecular flexibility index (Phi) is 6.13. The van der Waals surface area contributed by atoms with Crippen molar-refractivity contribution >= 4 is 35.2 Å². The molecule has 142 valence electrons. The lowest BCUT2D eigenvalue weighted by Gasteiger charge is -2.28. The number of imide groups is 1. The molecule has 0 spiro atoms. The lowest BCUT2D eigenvalue weighted by Crippen LogP contribution is -2.44. The average Bonchev–Trinajstić information content (AvgIpc) is 3.24. The number of rotatable bonds is 5. The Hall–Kier alpha value is -1.26. The fourth-order valence-corrected chi connectivity index (χ4v) is 4.34. The van der Waals surface area contributed by atoms with Crippen LogP contribution >= 0.6 is 23.2 Å². The van der Waals surface area contributed by atoms with E-state index in [1.807, 2.05) is 19.9 Å². The molecule has 6 heteroatoms. The Morgan fingerprint density at radius 3 is 2.54 bits per heavy atom. The topological polar surface area (TPSA) is 46.6 Å². The molecule has 1 aromatic rings. The lowest BCUT2D eigenvalue weighted by molar-refractivity contribution is -0.131. The lowest BCUT2D eigenvalue weighted by atomic mass is 9.86. The van der Waals surface area contributed by atoms with Gasteiger partial charge in [-0.05, 0) is 36.0 Å². The van der Waals surface area contributed by atoms with Crippen LogP contribution in [0.1, 0.15) is 57.4 Å². The number of ether oxygens (including phenoxy) is 1. The van der Waals surface area contributed by atoms with Crippen LogP contribution in [0.25, 0.3) is 0 Å². The van der Waals surface area contributed by atoms with Gasteiger partial charge in [-0.3, -0.25) is 4.79 Å². The summed E-state index contributed by atoms with van der Waals surface area (Å²) in [5.41, 5.74) is 0.818. The van der Waals surface area contributed by atoms with Gasteiger partial charge in [-0.25, -0.2) is 9.69 Å². The van der Waals surface area contributed by atoms with Gasteiger partial charge < -0.3 is 4.74 Å². The van der Waals surface area contributed by atoms with Gasteiger partial charge in [0.1, 0.15) is 6.61 Å².